The van der Waals surface area contributed by atoms with Crippen LogP contribution in [-0.2, 0) is 14.3 Å². The highest BCUT2D eigenvalue weighted by atomic mass is 16.5. The monoisotopic (exact) mass is 216 g/mol. The molecule has 3 nitrogen and oxygen atoms in total. The van der Waals surface area contributed by atoms with E-state index in [1.807, 2.05) is 36.4 Å². The molecule has 1 saturated heterocycles. The number of hydrogen-bond donors (Lipinski definition) is 0. The van der Waals surface area contributed by atoms with E-state index in [-0.39, 0.29) is 18.6 Å². The summed E-state index contributed by atoms with van der Waals surface area (Å²) >= 11 is 0. The van der Waals surface area contributed by atoms with E-state index in [1.54, 1.807) is 6.08 Å². The van der Waals surface area contributed by atoms with Gasteiger partial charge < -0.3 is 4.74 Å². The third-order valence-corrected chi connectivity index (χ3v) is 2.36. The quantitative estimate of drug-likeness (QED) is 0.560. The molecule has 0 amide bonds. The van der Waals surface area contributed by atoms with Crippen molar-refractivity contribution in [2.45, 2.75) is 18.9 Å². The van der Waals surface area contributed by atoms with E-state index in [2.05, 4.69) is 0 Å². The van der Waals surface area contributed by atoms with E-state index in [0.29, 0.717) is 0 Å². The van der Waals surface area contributed by atoms with Gasteiger partial charge in [-0.3, -0.25) is 9.59 Å². The van der Waals surface area contributed by atoms with E-state index in [0.717, 1.165) is 5.56 Å². The van der Waals surface area contributed by atoms with Crippen molar-refractivity contribution in [3.63, 3.8) is 0 Å². The van der Waals surface area contributed by atoms with Gasteiger partial charge in [0.1, 0.15) is 18.3 Å². The average Bonchev–Trinajstić information content (AvgIpc) is 2.27. The Labute approximate surface area is 93.7 Å². The molecular formula is C13H12O3. The Morgan fingerprint density at radius 3 is 2.62 bits per heavy atom. The second-order valence-electron chi connectivity index (χ2n) is 3.72. The number of ketones is 1. The van der Waals surface area contributed by atoms with Gasteiger partial charge in [-0.2, -0.15) is 0 Å². The number of hydrogen-bond acceptors (Lipinski definition) is 3. The molecule has 1 fully saturated rings. The molecule has 1 aliphatic heterocycles. The maximum atomic E-state index is 11.2. The molecule has 0 aliphatic carbocycles. The van der Waals surface area contributed by atoms with Crippen molar-refractivity contribution in [3.8, 4) is 0 Å². The van der Waals surface area contributed by atoms with Crippen molar-refractivity contribution in [2.24, 2.45) is 0 Å². The SMILES string of the molecule is O=C1CC(=O)OC(/C=C/c2ccccc2)C1. The zero-order chi connectivity index (χ0) is 11.4. The summed E-state index contributed by atoms with van der Waals surface area (Å²) in [5.74, 6) is -0.488. The topological polar surface area (TPSA) is 43.4 Å². The number of ether oxygens (including phenoxy) is 1. The maximum absolute atomic E-state index is 11.2. The molecule has 16 heavy (non-hydrogen) atoms. The van der Waals surface area contributed by atoms with Crippen LogP contribution in [0.1, 0.15) is 18.4 Å². The molecular weight excluding hydrogens is 204 g/mol. The molecule has 2 rings (SSSR count). The molecule has 1 atom stereocenters. The predicted molar refractivity (Wildman–Crippen MR) is 59.6 cm³/mol. The van der Waals surface area contributed by atoms with Gasteiger partial charge in [0.05, 0.1) is 0 Å². The lowest BCUT2D eigenvalue weighted by atomic mass is 10.1. The highest BCUT2D eigenvalue weighted by Gasteiger charge is 2.24. The Bertz CT molecular complexity index is 404. The van der Waals surface area contributed by atoms with Crippen molar-refractivity contribution in [2.75, 3.05) is 0 Å². The number of rotatable bonds is 2. The molecule has 1 aromatic rings. The number of Topliss-reactive ketones (excluding diaryl/α,β-unsaturated/α-hetero) is 1. The van der Waals surface area contributed by atoms with Crippen molar-refractivity contribution in [1.82, 2.24) is 0 Å². The van der Waals surface area contributed by atoms with E-state index < -0.39 is 12.1 Å². The summed E-state index contributed by atoms with van der Waals surface area (Å²) in [7, 11) is 0. The van der Waals surface area contributed by atoms with Crippen molar-refractivity contribution >= 4 is 17.8 Å². The van der Waals surface area contributed by atoms with E-state index in [1.165, 1.54) is 0 Å². The molecule has 0 bridgehead atoms. The molecule has 1 aliphatic rings. The molecule has 0 radical (unpaired) electrons. The van der Waals surface area contributed by atoms with Crippen LogP contribution in [0, 0.1) is 0 Å². The standard InChI is InChI=1S/C13H12O3/c14-11-8-12(16-13(15)9-11)7-6-10-4-2-1-3-5-10/h1-7,12H,8-9H2/b7-6+. The second kappa shape index (κ2) is 4.75. The van der Waals surface area contributed by atoms with Crippen molar-refractivity contribution in [3.05, 3.63) is 42.0 Å². The minimum atomic E-state index is -0.432. The minimum absolute atomic E-state index is 0.0565. The van der Waals surface area contributed by atoms with E-state index in [9.17, 15) is 9.59 Å². The fourth-order valence-electron chi connectivity index (χ4n) is 1.60. The normalized spacial score (nSPS) is 21.1. The Hall–Kier alpha value is -1.90. The summed E-state index contributed by atoms with van der Waals surface area (Å²) in [5, 5.41) is 0. The number of cyclic esters (lactones) is 1. The van der Waals surface area contributed by atoms with Crippen molar-refractivity contribution < 1.29 is 14.3 Å². The average molecular weight is 216 g/mol. The van der Waals surface area contributed by atoms with Crippen LogP contribution in [0.3, 0.4) is 0 Å². The molecule has 82 valence electrons. The lowest BCUT2D eigenvalue weighted by molar-refractivity contribution is -0.154. The van der Waals surface area contributed by atoms with Gasteiger partial charge >= 0.3 is 5.97 Å². The first-order valence-electron chi connectivity index (χ1n) is 5.18. The molecule has 3 heteroatoms. The van der Waals surface area contributed by atoms with E-state index in [4.69, 9.17) is 4.74 Å². The molecule has 0 aromatic heterocycles. The van der Waals surface area contributed by atoms with Crippen LogP contribution in [0.25, 0.3) is 6.08 Å². The fourth-order valence-corrected chi connectivity index (χ4v) is 1.60. The third kappa shape index (κ3) is 2.79. The number of benzene rings is 1. The van der Waals surface area contributed by atoms with Gasteiger partial charge in [0, 0.05) is 6.42 Å². The highest BCUT2D eigenvalue weighted by Crippen LogP contribution is 2.13. The molecule has 1 heterocycles. The second-order valence-corrected chi connectivity index (χ2v) is 3.72. The summed E-state index contributed by atoms with van der Waals surface area (Å²) in [6.45, 7) is 0. The van der Waals surface area contributed by atoms with Crippen LogP contribution in [0.2, 0.25) is 0 Å². The first-order valence-corrected chi connectivity index (χ1v) is 5.18. The summed E-state index contributed by atoms with van der Waals surface area (Å²) in [6.07, 6.45) is 3.40. The Kier molecular flexibility index (Phi) is 3.15. The Morgan fingerprint density at radius 1 is 1.19 bits per heavy atom. The zero-order valence-corrected chi connectivity index (χ0v) is 8.76. The molecule has 0 spiro atoms. The summed E-state index contributed by atoms with van der Waals surface area (Å²) < 4.78 is 5.03. The van der Waals surface area contributed by atoms with Gasteiger partial charge in [0.25, 0.3) is 0 Å². The first kappa shape index (κ1) is 10.6. The van der Waals surface area contributed by atoms with Gasteiger partial charge in [0.15, 0.2) is 0 Å². The highest BCUT2D eigenvalue weighted by molar-refractivity contribution is 5.97. The van der Waals surface area contributed by atoms with Gasteiger partial charge in [0.2, 0.25) is 0 Å². The molecule has 0 N–H and O–H groups in total. The van der Waals surface area contributed by atoms with Gasteiger partial charge in [-0.1, -0.05) is 36.4 Å². The predicted octanol–water partition coefficient (Wildman–Crippen LogP) is 1.97. The number of carbonyl (C=O) groups is 2. The lowest BCUT2D eigenvalue weighted by Crippen LogP contribution is -2.28. The Morgan fingerprint density at radius 2 is 1.94 bits per heavy atom. The summed E-state index contributed by atoms with van der Waals surface area (Å²) in [4.78, 5) is 22.2. The number of carbonyl (C=O) groups excluding carboxylic acids is 2. The van der Waals surface area contributed by atoms with Crippen LogP contribution < -0.4 is 0 Å². The maximum Gasteiger partial charge on any atom is 0.313 e. The summed E-state index contributed by atoms with van der Waals surface area (Å²) in [6, 6.07) is 9.68. The smallest absolute Gasteiger partial charge is 0.313 e. The largest absolute Gasteiger partial charge is 0.457 e. The molecule has 1 aromatic carbocycles. The van der Waals surface area contributed by atoms with Crippen LogP contribution >= 0.6 is 0 Å². The van der Waals surface area contributed by atoms with E-state index >= 15 is 0 Å². The third-order valence-electron chi connectivity index (χ3n) is 2.36. The van der Waals surface area contributed by atoms with Crippen molar-refractivity contribution in [1.29, 1.82) is 0 Å². The van der Waals surface area contributed by atoms with Gasteiger partial charge in [-0.15, -0.1) is 0 Å². The fraction of sp³-hybridized carbons (Fsp3) is 0.231. The molecule has 1 unspecified atom stereocenters. The molecule has 0 saturated carbocycles. The van der Waals surface area contributed by atoms with Crippen LogP contribution in [0.5, 0.6) is 0 Å². The van der Waals surface area contributed by atoms with Crippen LogP contribution in [0.15, 0.2) is 36.4 Å². The number of esters is 1. The lowest BCUT2D eigenvalue weighted by Gasteiger charge is -2.18. The minimum Gasteiger partial charge on any atom is -0.457 e. The first-order chi connectivity index (χ1) is 7.74. The van der Waals surface area contributed by atoms with Crippen LogP contribution in [-0.4, -0.2) is 17.9 Å². The van der Waals surface area contributed by atoms with Crippen LogP contribution in [0.4, 0.5) is 0 Å². The van der Waals surface area contributed by atoms with Gasteiger partial charge in [-0.05, 0) is 11.6 Å². The Balaban J connectivity index is 2.02. The zero-order valence-electron chi connectivity index (χ0n) is 8.76. The van der Waals surface area contributed by atoms with Gasteiger partial charge in [-0.25, -0.2) is 0 Å². The summed E-state index contributed by atoms with van der Waals surface area (Å²) in [5.41, 5.74) is 1.02.